The number of nitrogens with one attached hydrogen (secondary N) is 1. The third-order valence-corrected chi connectivity index (χ3v) is 4.46. The average Bonchev–Trinajstić information content (AvgIpc) is 3.36. The van der Waals surface area contributed by atoms with Gasteiger partial charge in [0, 0.05) is 17.3 Å². The molecular weight excluding hydrogens is 312 g/mol. The molecule has 128 valence electrons. The summed E-state index contributed by atoms with van der Waals surface area (Å²) >= 11 is 0. The lowest BCUT2D eigenvalue weighted by atomic mass is 10.1. The van der Waals surface area contributed by atoms with Gasteiger partial charge in [0.1, 0.15) is 11.6 Å². The minimum Gasteiger partial charge on any atom is -0.349 e. The highest BCUT2D eigenvalue weighted by atomic mass is 16.1. The van der Waals surface area contributed by atoms with Crippen LogP contribution in [0, 0.1) is 32.1 Å². The molecule has 1 aliphatic rings. The number of carbonyl (C=O) groups is 1. The number of rotatable bonds is 5. The molecule has 1 heterocycles. The Balaban J connectivity index is 1.85. The van der Waals surface area contributed by atoms with Gasteiger partial charge >= 0.3 is 0 Å². The number of hydrogen-bond acceptors (Lipinski definition) is 3. The summed E-state index contributed by atoms with van der Waals surface area (Å²) in [5.41, 5.74) is 5.13. The second-order valence-electron chi connectivity index (χ2n) is 6.65. The van der Waals surface area contributed by atoms with Crippen LogP contribution in [-0.4, -0.2) is 21.7 Å². The third-order valence-electron chi connectivity index (χ3n) is 4.46. The summed E-state index contributed by atoms with van der Waals surface area (Å²) < 4.78 is 1.92. The van der Waals surface area contributed by atoms with Crippen molar-refractivity contribution < 1.29 is 4.79 Å². The van der Waals surface area contributed by atoms with Crippen molar-refractivity contribution in [2.75, 3.05) is 0 Å². The molecule has 3 rings (SSSR count). The Morgan fingerprint density at radius 2 is 2.00 bits per heavy atom. The molecule has 1 amide bonds. The monoisotopic (exact) mass is 334 g/mol. The second kappa shape index (κ2) is 6.94. The summed E-state index contributed by atoms with van der Waals surface area (Å²) in [6.45, 7) is 6.59. The van der Waals surface area contributed by atoms with Gasteiger partial charge in [0.25, 0.3) is 5.91 Å². The van der Waals surface area contributed by atoms with E-state index in [0.717, 1.165) is 29.8 Å². The van der Waals surface area contributed by atoms with Crippen molar-refractivity contribution in [2.24, 2.45) is 0 Å². The van der Waals surface area contributed by atoms with E-state index in [4.69, 9.17) is 0 Å². The maximum Gasteiger partial charge on any atom is 0.262 e. The fourth-order valence-corrected chi connectivity index (χ4v) is 2.72. The Bertz CT molecular complexity index is 864. The molecule has 0 aliphatic heterocycles. The van der Waals surface area contributed by atoms with Crippen LogP contribution in [0.1, 0.15) is 40.9 Å². The van der Waals surface area contributed by atoms with Gasteiger partial charge < -0.3 is 5.32 Å². The predicted molar refractivity (Wildman–Crippen MR) is 96.7 cm³/mol. The quantitative estimate of drug-likeness (QED) is 0.675. The van der Waals surface area contributed by atoms with Crippen molar-refractivity contribution >= 4 is 12.0 Å². The zero-order chi connectivity index (χ0) is 18.0. The lowest BCUT2D eigenvalue weighted by Crippen LogP contribution is -2.26. The van der Waals surface area contributed by atoms with E-state index < -0.39 is 0 Å². The molecule has 5 nitrogen and oxygen atoms in total. The van der Waals surface area contributed by atoms with Crippen molar-refractivity contribution in [1.82, 2.24) is 15.1 Å². The SMILES string of the molecule is Cc1ccc(Cn2nc(C)c(/C=C(\C#N)C(=O)NC3CC3)c2C)cc1. The van der Waals surface area contributed by atoms with E-state index in [1.807, 2.05) is 24.6 Å². The molecule has 0 spiro atoms. The van der Waals surface area contributed by atoms with Crippen molar-refractivity contribution in [2.45, 2.75) is 46.2 Å². The maximum atomic E-state index is 12.2. The number of benzene rings is 1. The van der Waals surface area contributed by atoms with E-state index in [-0.39, 0.29) is 17.5 Å². The molecule has 0 unspecified atom stereocenters. The normalized spacial score (nSPS) is 14.2. The summed E-state index contributed by atoms with van der Waals surface area (Å²) in [7, 11) is 0. The molecule has 1 fully saturated rings. The summed E-state index contributed by atoms with van der Waals surface area (Å²) in [5.74, 6) is -0.296. The largest absolute Gasteiger partial charge is 0.349 e. The van der Waals surface area contributed by atoms with Crippen molar-refractivity contribution in [3.8, 4) is 6.07 Å². The van der Waals surface area contributed by atoms with Gasteiger partial charge in [-0.2, -0.15) is 10.4 Å². The van der Waals surface area contributed by atoms with Gasteiger partial charge in [0.05, 0.1) is 12.2 Å². The smallest absolute Gasteiger partial charge is 0.262 e. The maximum absolute atomic E-state index is 12.2. The topological polar surface area (TPSA) is 70.7 Å². The minimum absolute atomic E-state index is 0.132. The van der Waals surface area contributed by atoms with E-state index in [2.05, 4.69) is 41.6 Å². The van der Waals surface area contributed by atoms with Crippen LogP contribution >= 0.6 is 0 Å². The Labute approximate surface area is 148 Å². The van der Waals surface area contributed by atoms with Crippen LogP contribution in [0.4, 0.5) is 0 Å². The molecule has 1 saturated carbocycles. The van der Waals surface area contributed by atoms with Crippen molar-refractivity contribution in [3.63, 3.8) is 0 Å². The average molecular weight is 334 g/mol. The van der Waals surface area contributed by atoms with Crippen LogP contribution in [0.25, 0.3) is 6.08 Å². The van der Waals surface area contributed by atoms with Gasteiger partial charge in [-0.3, -0.25) is 9.48 Å². The minimum atomic E-state index is -0.296. The standard InChI is InChI=1S/C20H22N4O/c1-13-4-6-16(7-5-13)12-24-15(3)19(14(2)23-24)10-17(11-21)20(25)22-18-8-9-18/h4-7,10,18H,8-9,12H2,1-3H3,(H,22,25)/b17-10+. The molecule has 25 heavy (non-hydrogen) atoms. The van der Waals surface area contributed by atoms with Crippen LogP contribution in [0.3, 0.4) is 0 Å². The number of aryl methyl sites for hydroxylation is 2. The van der Waals surface area contributed by atoms with E-state index in [1.165, 1.54) is 11.1 Å². The van der Waals surface area contributed by atoms with Gasteiger partial charge in [-0.1, -0.05) is 29.8 Å². The van der Waals surface area contributed by atoms with E-state index in [9.17, 15) is 10.1 Å². The van der Waals surface area contributed by atoms with Crippen LogP contribution < -0.4 is 5.32 Å². The van der Waals surface area contributed by atoms with Gasteiger partial charge in [0.15, 0.2) is 0 Å². The van der Waals surface area contributed by atoms with E-state index in [0.29, 0.717) is 6.54 Å². The van der Waals surface area contributed by atoms with Crippen LogP contribution in [0.5, 0.6) is 0 Å². The molecule has 2 aromatic rings. The van der Waals surface area contributed by atoms with Gasteiger partial charge in [-0.25, -0.2) is 0 Å². The first kappa shape index (κ1) is 17.0. The summed E-state index contributed by atoms with van der Waals surface area (Å²) in [6, 6.07) is 10.6. The molecule has 1 aliphatic carbocycles. The fraction of sp³-hybridized carbons (Fsp3) is 0.350. The number of nitriles is 1. The molecule has 1 aromatic carbocycles. The Morgan fingerprint density at radius 3 is 2.60 bits per heavy atom. The van der Waals surface area contributed by atoms with Gasteiger partial charge in [-0.15, -0.1) is 0 Å². The zero-order valence-corrected chi connectivity index (χ0v) is 14.8. The lowest BCUT2D eigenvalue weighted by molar-refractivity contribution is -0.117. The number of nitrogens with zero attached hydrogens (tertiary/aromatic N) is 3. The zero-order valence-electron chi connectivity index (χ0n) is 14.8. The summed E-state index contributed by atoms with van der Waals surface area (Å²) in [6.07, 6.45) is 3.65. The number of hydrogen-bond donors (Lipinski definition) is 1. The highest BCUT2D eigenvalue weighted by Gasteiger charge is 2.25. The van der Waals surface area contributed by atoms with Gasteiger partial charge in [-0.05, 0) is 45.3 Å². The van der Waals surface area contributed by atoms with Crippen LogP contribution in [0.15, 0.2) is 29.8 Å². The number of aromatic nitrogens is 2. The van der Waals surface area contributed by atoms with E-state index >= 15 is 0 Å². The molecule has 1 aromatic heterocycles. The van der Waals surface area contributed by atoms with Crippen molar-refractivity contribution in [3.05, 3.63) is 57.9 Å². The Hall–Kier alpha value is -2.87. The van der Waals surface area contributed by atoms with E-state index in [1.54, 1.807) is 6.08 Å². The predicted octanol–water partition coefficient (Wildman–Crippen LogP) is 3.04. The third kappa shape index (κ3) is 3.97. The number of carbonyl (C=O) groups excluding carboxylic acids is 1. The number of amides is 1. The molecule has 0 bridgehead atoms. The van der Waals surface area contributed by atoms with Crippen LogP contribution in [0.2, 0.25) is 0 Å². The summed E-state index contributed by atoms with van der Waals surface area (Å²) in [5, 5.41) is 16.8. The molecule has 0 atom stereocenters. The molecule has 0 radical (unpaired) electrons. The lowest BCUT2D eigenvalue weighted by Gasteiger charge is -2.06. The summed E-state index contributed by atoms with van der Waals surface area (Å²) in [4.78, 5) is 12.2. The second-order valence-corrected chi connectivity index (χ2v) is 6.65. The fourth-order valence-electron chi connectivity index (χ4n) is 2.72. The first-order valence-corrected chi connectivity index (χ1v) is 8.50. The first-order valence-electron chi connectivity index (χ1n) is 8.50. The Kier molecular flexibility index (Phi) is 4.71. The highest BCUT2D eigenvalue weighted by molar-refractivity contribution is 6.02. The van der Waals surface area contributed by atoms with Gasteiger partial charge in [0.2, 0.25) is 0 Å². The molecule has 0 saturated heterocycles. The molecular formula is C20H22N4O. The molecule has 1 N–H and O–H groups in total. The molecule has 5 heteroatoms. The Morgan fingerprint density at radius 1 is 1.32 bits per heavy atom. The van der Waals surface area contributed by atoms with Crippen LogP contribution in [-0.2, 0) is 11.3 Å². The highest BCUT2D eigenvalue weighted by Crippen LogP contribution is 2.21. The first-order chi connectivity index (χ1) is 12.0. The van der Waals surface area contributed by atoms with Crippen molar-refractivity contribution in [1.29, 1.82) is 5.26 Å².